The molecule has 1 aromatic carbocycles. The minimum absolute atomic E-state index is 0.359. The Morgan fingerprint density at radius 3 is 2.17 bits per heavy atom. The summed E-state index contributed by atoms with van der Waals surface area (Å²) in [6.07, 6.45) is 0. The maximum Gasteiger partial charge on any atom is 0.271 e. The quantitative estimate of drug-likeness (QED) is 0.643. The van der Waals surface area contributed by atoms with Crippen LogP contribution in [0, 0.1) is 6.92 Å². The Hall–Kier alpha value is -2.54. The summed E-state index contributed by atoms with van der Waals surface area (Å²) in [4.78, 5) is 14.6. The molecule has 0 saturated heterocycles. The molecule has 7 heteroatoms. The Balaban J connectivity index is 2.23. The number of thiophene rings is 1. The predicted octanol–water partition coefficient (Wildman–Crippen LogP) is 3.24. The fourth-order valence-corrected chi connectivity index (χ4v) is 2.91. The summed E-state index contributed by atoms with van der Waals surface area (Å²) in [5.74, 6) is 0.903. The van der Waals surface area contributed by atoms with Gasteiger partial charge in [0.25, 0.3) is 5.91 Å². The number of methoxy groups -OCH3 is 3. The first kappa shape index (κ1) is 17.8. The molecule has 1 heterocycles. The molecular formula is C17H20N2O4S. The number of carbonyl (C=O) groups is 1. The van der Waals surface area contributed by atoms with Gasteiger partial charge in [0.2, 0.25) is 5.75 Å². The number of amides is 1. The van der Waals surface area contributed by atoms with Crippen LogP contribution in [0.2, 0.25) is 0 Å². The average Bonchev–Trinajstić information content (AvgIpc) is 3.04. The number of nitrogens with one attached hydrogen (secondary N) is 1. The fraction of sp³-hybridized carbons (Fsp3) is 0.294. The zero-order chi connectivity index (χ0) is 17.7. The second kappa shape index (κ2) is 7.83. The maximum absolute atomic E-state index is 12.4. The van der Waals surface area contributed by atoms with E-state index in [4.69, 9.17) is 14.2 Å². The topological polar surface area (TPSA) is 69.2 Å². The highest BCUT2D eigenvalue weighted by Gasteiger charge is 2.16. The molecule has 1 amide bonds. The van der Waals surface area contributed by atoms with Gasteiger partial charge in [0.05, 0.1) is 31.9 Å². The summed E-state index contributed by atoms with van der Waals surface area (Å²) in [5.41, 5.74) is 3.66. The molecule has 0 unspecified atom stereocenters. The number of nitrogens with zero attached hydrogens (tertiary/aromatic N) is 1. The molecule has 0 bridgehead atoms. The van der Waals surface area contributed by atoms with E-state index in [9.17, 15) is 4.79 Å². The van der Waals surface area contributed by atoms with Crippen molar-refractivity contribution in [2.24, 2.45) is 5.10 Å². The third-order valence-corrected chi connectivity index (χ3v) is 4.46. The molecule has 2 rings (SSSR count). The zero-order valence-corrected chi connectivity index (χ0v) is 15.1. The molecule has 0 aliphatic carbocycles. The van der Waals surface area contributed by atoms with Crippen LogP contribution in [-0.4, -0.2) is 32.9 Å². The van der Waals surface area contributed by atoms with E-state index in [0.29, 0.717) is 22.8 Å². The van der Waals surface area contributed by atoms with Crippen molar-refractivity contribution in [1.82, 2.24) is 5.43 Å². The number of rotatable bonds is 6. The number of aryl methyl sites for hydroxylation is 1. The van der Waals surface area contributed by atoms with E-state index >= 15 is 0 Å². The summed E-state index contributed by atoms with van der Waals surface area (Å²) in [6.45, 7) is 3.87. The molecule has 24 heavy (non-hydrogen) atoms. The molecule has 0 aliphatic rings. The minimum Gasteiger partial charge on any atom is -0.493 e. The van der Waals surface area contributed by atoms with E-state index in [1.807, 2.05) is 26.0 Å². The molecule has 1 aromatic heterocycles. The third kappa shape index (κ3) is 3.86. The van der Waals surface area contributed by atoms with E-state index in [-0.39, 0.29) is 5.91 Å². The zero-order valence-electron chi connectivity index (χ0n) is 14.3. The van der Waals surface area contributed by atoms with E-state index in [0.717, 1.165) is 10.6 Å². The molecule has 6 nitrogen and oxygen atoms in total. The molecule has 0 aliphatic heterocycles. The lowest BCUT2D eigenvalue weighted by Crippen LogP contribution is -2.19. The maximum atomic E-state index is 12.4. The van der Waals surface area contributed by atoms with Gasteiger partial charge < -0.3 is 14.2 Å². The van der Waals surface area contributed by atoms with Crippen molar-refractivity contribution in [2.75, 3.05) is 21.3 Å². The van der Waals surface area contributed by atoms with Crippen LogP contribution in [0.1, 0.15) is 27.0 Å². The normalized spacial score (nSPS) is 11.1. The Kier molecular flexibility index (Phi) is 5.81. The fourth-order valence-electron chi connectivity index (χ4n) is 2.10. The van der Waals surface area contributed by atoms with Gasteiger partial charge in [-0.25, -0.2) is 5.43 Å². The van der Waals surface area contributed by atoms with Crippen molar-refractivity contribution in [3.8, 4) is 17.2 Å². The van der Waals surface area contributed by atoms with Gasteiger partial charge >= 0.3 is 0 Å². The van der Waals surface area contributed by atoms with Gasteiger partial charge in [0.15, 0.2) is 11.5 Å². The monoisotopic (exact) mass is 348 g/mol. The largest absolute Gasteiger partial charge is 0.493 e. The molecule has 0 saturated carbocycles. The molecule has 0 radical (unpaired) electrons. The molecule has 128 valence electrons. The average molecular weight is 348 g/mol. The Morgan fingerprint density at radius 1 is 1.08 bits per heavy atom. The number of hydrazone groups is 1. The van der Waals surface area contributed by atoms with Crippen molar-refractivity contribution in [3.05, 3.63) is 39.6 Å². The highest BCUT2D eigenvalue weighted by molar-refractivity contribution is 7.14. The van der Waals surface area contributed by atoms with E-state index in [1.54, 1.807) is 23.5 Å². The van der Waals surface area contributed by atoms with Crippen LogP contribution >= 0.6 is 11.3 Å². The number of carbonyl (C=O) groups excluding carboxylic acids is 1. The van der Waals surface area contributed by atoms with Crippen LogP contribution in [0.3, 0.4) is 0 Å². The smallest absolute Gasteiger partial charge is 0.271 e. The van der Waals surface area contributed by atoms with Gasteiger partial charge in [0, 0.05) is 10.4 Å². The van der Waals surface area contributed by atoms with Gasteiger partial charge in [-0.3, -0.25) is 4.79 Å². The summed E-state index contributed by atoms with van der Waals surface area (Å²) >= 11 is 1.62. The van der Waals surface area contributed by atoms with Gasteiger partial charge in [-0.2, -0.15) is 5.10 Å². The number of ether oxygens (including phenoxy) is 3. The van der Waals surface area contributed by atoms with Gasteiger partial charge in [0.1, 0.15) is 0 Å². The van der Waals surface area contributed by atoms with E-state index in [1.165, 1.54) is 26.2 Å². The SMILES string of the molecule is COc1cc(C(=O)NN=C(C)c2ccc(C)s2)cc(OC)c1OC. The second-order valence-electron chi connectivity index (χ2n) is 4.96. The van der Waals surface area contributed by atoms with Crippen LogP contribution in [0.4, 0.5) is 0 Å². The van der Waals surface area contributed by atoms with Gasteiger partial charge in [-0.15, -0.1) is 11.3 Å². The lowest BCUT2D eigenvalue weighted by atomic mass is 10.1. The van der Waals surface area contributed by atoms with Crippen LogP contribution in [0.25, 0.3) is 0 Å². The van der Waals surface area contributed by atoms with Crippen molar-refractivity contribution >= 4 is 23.0 Å². The summed E-state index contributed by atoms with van der Waals surface area (Å²) in [6, 6.07) is 7.15. The summed E-state index contributed by atoms with van der Waals surface area (Å²) in [7, 11) is 4.51. The summed E-state index contributed by atoms with van der Waals surface area (Å²) < 4.78 is 15.7. The Bertz CT molecular complexity index is 743. The van der Waals surface area contributed by atoms with Crippen LogP contribution in [0.5, 0.6) is 17.2 Å². The van der Waals surface area contributed by atoms with Crippen LogP contribution in [-0.2, 0) is 0 Å². The highest BCUT2D eigenvalue weighted by atomic mass is 32.1. The molecule has 0 spiro atoms. The van der Waals surface area contributed by atoms with Crippen molar-refractivity contribution in [1.29, 1.82) is 0 Å². The van der Waals surface area contributed by atoms with Gasteiger partial charge in [-0.1, -0.05) is 0 Å². The molecule has 0 atom stereocenters. The third-order valence-electron chi connectivity index (χ3n) is 3.35. The number of hydrogen-bond acceptors (Lipinski definition) is 6. The first-order chi connectivity index (χ1) is 11.5. The molecular weight excluding hydrogens is 328 g/mol. The van der Waals surface area contributed by atoms with Crippen molar-refractivity contribution < 1.29 is 19.0 Å². The van der Waals surface area contributed by atoms with Crippen LogP contribution < -0.4 is 19.6 Å². The minimum atomic E-state index is -0.359. The van der Waals surface area contributed by atoms with Crippen LogP contribution in [0.15, 0.2) is 29.4 Å². The van der Waals surface area contributed by atoms with E-state index < -0.39 is 0 Å². The number of benzene rings is 1. The standard InChI is InChI=1S/C17H20N2O4S/c1-10-6-7-15(24-10)11(2)18-19-17(20)12-8-13(21-3)16(23-5)14(9-12)22-4/h6-9H,1-5H3,(H,19,20). The first-order valence-electron chi connectivity index (χ1n) is 7.21. The van der Waals surface area contributed by atoms with Crippen molar-refractivity contribution in [3.63, 3.8) is 0 Å². The lowest BCUT2D eigenvalue weighted by molar-refractivity contribution is 0.0954. The molecule has 2 aromatic rings. The molecule has 0 fully saturated rings. The van der Waals surface area contributed by atoms with E-state index in [2.05, 4.69) is 10.5 Å². The summed E-state index contributed by atoms with van der Waals surface area (Å²) in [5, 5.41) is 4.15. The highest BCUT2D eigenvalue weighted by Crippen LogP contribution is 2.38. The first-order valence-corrected chi connectivity index (χ1v) is 8.03. The Labute approximate surface area is 145 Å². The molecule has 1 N–H and O–H groups in total. The predicted molar refractivity (Wildman–Crippen MR) is 94.8 cm³/mol. The van der Waals surface area contributed by atoms with Gasteiger partial charge in [-0.05, 0) is 38.1 Å². The lowest BCUT2D eigenvalue weighted by Gasteiger charge is -2.13. The second-order valence-corrected chi connectivity index (χ2v) is 6.25. The Morgan fingerprint density at radius 2 is 1.71 bits per heavy atom. The number of hydrogen-bond donors (Lipinski definition) is 1. The van der Waals surface area contributed by atoms with Crippen molar-refractivity contribution in [2.45, 2.75) is 13.8 Å².